The van der Waals surface area contributed by atoms with E-state index >= 15 is 0 Å². The molecule has 0 unspecified atom stereocenters. The van der Waals surface area contributed by atoms with Gasteiger partial charge in [0.25, 0.3) is 0 Å². The minimum atomic E-state index is 0.864. The first-order valence-corrected chi connectivity index (χ1v) is 22.8. The Bertz CT molecular complexity index is 3660. The van der Waals surface area contributed by atoms with Gasteiger partial charge in [-0.25, -0.2) is 0 Å². The molecule has 3 heteroatoms. The van der Waals surface area contributed by atoms with Crippen LogP contribution in [-0.2, 0) is 0 Å². The lowest BCUT2D eigenvalue weighted by atomic mass is 9.92. The van der Waals surface area contributed by atoms with Gasteiger partial charge in [0.2, 0.25) is 0 Å². The van der Waals surface area contributed by atoms with Crippen molar-refractivity contribution in [3.05, 3.63) is 267 Å². The number of para-hydroxylation sites is 4. The smallest absolute Gasteiger partial charge is 0.159 e. The van der Waals surface area contributed by atoms with Gasteiger partial charge < -0.3 is 14.2 Å². The zero-order chi connectivity index (χ0) is 44.5. The van der Waals surface area contributed by atoms with Crippen molar-refractivity contribution >= 4 is 66.8 Å². The Hall–Kier alpha value is -8.92. The summed E-state index contributed by atoms with van der Waals surface area (Å²) in [6, 6.07) is 95.5. The second-order valence-electron chi connectivity index (χ2n) is 17.0. The third-order valence-corrected chi connectivity index (χ3v) is 12.8. The van der Waals surface area contributed by atoms with Crippen LogP contribution in [0.5, 0.6) is 0 Å². The van der Waals surface area contributed by atoms with Crippen molar-refractivity contribution < 1.29 is 4.42 Å². The summed E-state index contributed by atoms with van der Waals surface area (Å²) >= 11 is 0. The first kappa shape index (κ1) is 39.7. The Kier molecular flexibility index (Phi) is 10.2. The van der Waals surface area contributed by atoms with Gasteiger partial charge in [-0.3, -0.25) is 0 Å². The van der Waals surface area contributed by atoms with Crippen LogP contribution in [0.15, 0.2) is 271 Å². The number of hydrogen-bond donors (Lipinski definition) is 0. The van der Waals surface area contributed by atoms with E-state index < -0.39 is 0 Å². The number of rotatable bonds is 10. The van der Waals surface area contributed by atoms with Gasteiger partial charge >= 0.3 is 0 Å². The molecule has 12 rings (SSSR count). The first-order valence-electron chi connectivity index (χ1n) is 22.8. The van der Waals surface area contributed by atoms with Crippen LogP contribution in [0.25, 0.3) is 77.2 Å². The zero-order valence-electron chi connectivity index (χ0n) is 36.7. The van der Waals surface area contributed by atoms with Crippen LogP contribution in [0.2, 0.25) is 0 Å². The highest BCUT2D eigenvalue weighted by molar-refractivity contribution is 6.10. The van der Waals surface area contributed by atoms with Crippen molar-refractivity contribution in [1.82, 2.24) is 0 Å². The molecule has 0 N–H and O–H groups in total. The molecule has 0 aliphatic carbocycles. The second kappa shape index (κ2) is 17.2. The third-order valence-electron chi connectivity index (χ3n) is 12.8. The first-order chi connectivity index (χ1) is 33.2. The van der Waals surface area contributed by atoms with Gasteiger partial charge in [-0.1, -0.05) is 170 Å². The summed E-state index contributed by atoms with van der Waals surface area (Å²) in [6.45, 7) is 0. The van der Waals surface area contributed by atoms with E-state index in [0.717, 1.165) is 78.3 Å². The molecule has 0 atom stereocenters. The highest BCUT2D eigenvalue weighted by Gasteiger charge is 2.20. The number of fused-ring (bicyclic) bond motifs is 4. The topological polar surface area (TPSA) is 19.6 Å². The Balaban J connectivity index is 0.939. The molecular formula is C64H44N2O. The molecule has 0 aliphatic heterocycles. The van der Waals surface area contributed by atoms with Gasteiger partial charge in [-0.2, -0.15) is 0 Å². The average Bonchev–Trinajstić information content (AvgIpc) is 3.80. The monoisotopic (exact) mass is 856 g/mol. The van der Waals surface area contributed by atoms with Gasteiger partial charge in [0.05, 0.1) is 5.69 Å². The zero-order valence-corrected chi connectivity index (χ0v) is 36.7. The predicted octanol–water partition coefficient (Wildman–Crippen LogP) is 18.3. The maximum absolute atomic E-state index is 6.58. The largest absolute Gasteiger partial charge is 0.454 e. The summed E-state index contributed by atoms with van der Waals surface area (Å²) in [7, 11) is 0. The van der Waals surface area contributed by atoms with Crippen LogP contribution in [0, 0.1) is 0 Å². The molecule has 0 aliphatic rings. The summed E-state index contributed by atoms with van der Waals surface area (Å²) in [4.78, 5) is 4.62. The highest BCUT2D eigenvalue weighted by atomic mass is 16.3. The van der Waals surface area contributed by atoms with Crippen molar-refractivity contribution in [3.8, 4) is 44.5 Å². The molecule has 0 bridgehead atoms. The van der Waals surface area contributed by atoms with Crippen LogP contribution >= 0.6 is 0 Å². The lowest BCUT2D eigenvalue weighted by Crippen LogP contribution is -2.10. The summed E-state index contributed by atoms with van der Waals surface area (Å²) < 4.78 is 6.58. The fraction of sp³-hybridized carbons (Fsp3) is 0. The molecule has 11 aromatic carbocycles. The number of furan rings is 1. The molecule has 0 amide bonds. The van der Waals surface area contributed by atoms with Crippen molar-refractivity contribution in [2.24, 2.45) is 0 Å². The number of nitrogens with zero attached hydrogens (tertiary/aromatic N) is 2. The minimum Gasteiger partial charge on any atom is -0.454 e. The Morgan fingerprint density at radius 1 is 0.239 bits per heavy atom. The third kappa shape index (κ3) is 7.69. The molecule has 0 radical (unpaired) electrons. The summed E-state index contributed by atoms with van der Waals surface area (Å²) in [5, 5.41) is 4.66. The SMILES string of the molecule is c1ccc(-c2ccc(N(c3ccccc3)c3ccc(-c4cc(-c5ccc(N(c6ccccc6)c6cccc7c6oc6ccccc67)cc5)cc(-c5ccc6ccccc6c5)c4)cc3)cc2)cc1. The summed E-state index contributed by atoms with van der Waals surface area (Å²) in [6.07, 6.45) is 0. The fourth-order valence-electron chi connectivity index (χ4n) is 9.47. The Labute approximate surface area is 390 Å². The highest BCUT2D eigenvalue weighted by Crippen LogP contribution is 2.43. The number of benzene rings is 11. The number of hydrogen-bond acceptors (Lipinski definition) is 3. The normalized spacial score (nSPS) is 11.3. The Morgan fingerprint density at radius 3 is 1.27 bits per heavy atom. The van der Waals surface area contributed by atoms with E-state index in [1.807, 2.05) is 12.1 Å². The van der Waals surface area contributed by atoms with Gasteiger partial charge in [-0.15, -0.1) is 0 Å². The van der Waals surface area contributed by atoms with Crippen LogP contribution in [0.1, 0.15) is 0 Å². The molecule has 1 aromatic heterocycles. The quantitative estimate of drug-likeness (QED) is 0.137. The maximum Gasteiger partial charge on any atom is 0.159 e. The van der Waals surface area contributed by atoms with Gasteiger partial charge in [0.15, 0.2) is 5.58 Å². The van der Waals surface area contributed by atoms with Crippen LogP contribution in [-0.4, -0.2) is 0 Å². The molecular weight excluding hydrogens is 813 g/mol. The maximum atomic E-state index is 6.58. The van der Waals surface area contributed by atoms with E-state index in [0.29, 0.717) is 0 Å². The molecule has 0 saturated heterocycles. The van der Waals surface area contributed by atoms with Crippen LogP contribution < -0.4 is 9.80 Å². The lowest BCUT2D eigenvalue weighted by molar-refractivity contribution is 0.669. The van der Waals surface area contributed by atoms with Gasteiger partial charge in [0.1, 0.15) is 5.58 Å². The van der Waals surface area contributed by atoms with Crippen molar-refractivity contribution in [3.63, 3.8) is 0 Å². The molecule has 67 heavy (non-hydrogen) atoms. The predicted molar refractivity (Wildman–Crippen MR) is 282 cm³/mol. The molecule has 0 saturated carbocycles. The van der Waals surface area contributed by atoms with E-state index in [2.05, 4.69) is 265 Å². The van der Waals surface area contributed by atoms with Crippen LogP contribution in [0.4, 0.5) is 34.1 Å². The molecule has 316 valence electrons. The van der Waals surface area contributed by atoms with Crippen molar-refractivity contribution in [2.45, 2.75) is 0 Å². The number of anilines is 6. The van der Waals surface area contributed by atoms with Gasteiger partial charge in [-0.05, 0) is 152 Å². The summed E-state index contributed by atoms with van der Waals surface area (Å²) in [5.74, 6) is 0. The summed E-state index contributed by atoms with van der Waals surface area (Å²) in [5.41, 5.74) is 17.4. The van der Waals surface area contributed by atoms with Crippen molar-refractivity contribution in [2.75, 3.05) is 9.80 Å². The van der Waals surface area contributed by atoms with Crippen molar-refractivity contribution in [1.29, 1.82) is 0 Å². The van der Waals surface area contributed by atoms with E-state index in [9.17, 15) is 0 Å². The van der Waals surface area contributed by atoms with E-state index in [1.54, 1.807) is 0 Å². The van der Waals surface area contributed by atoms with E-state index in [-0.39, 0.29) is 0 Å². The lowest BCUT2D eigenvalue weighted by Gasteiger charge is -2.26. The Morgan fingerprint density at radius 2 is 0.657 bits per heavy atom. The average molecular weight is 857 g/mol. The van der Waals surface area contributed by atoms with E-state index in [1.165, 1.54) is 33.0 Å². The molecule has 0 fully saturated rings. The molecule has 12 aromatic rings. The van der Waals surface area contributed by atoms with Crippen LogP contribution in [0.3, 0.4) is 0 Å². The second-order valence-corrected chi connectivity index (χ2v) is 17.0. The van der Waals surface area contributed by atoms with Gasteiger partial charge in [0, 0.05) is 39.2 Å². The fourth-order valence-corrected chi connectivity index (χ4v) is 9.47. The molecule has 0 spiro atoms. The standard InChI is InChI=1S/C64H44N2O/c1-4-15-45(16-5-1)47-29-35-57(36-30-47)65(55-19-6-2-7-20-55)58-37-31-48(32-38-58)52-42-53(44-54(43-52)51-28-27-46-17-10-11-18-50(46)41-51)49-33-39-59(40-34-49)66(56-21-8-3-9-22-56)62-25-14-24-61-60-23-12-13-26-63(60)67-64(61)62/h1-44H. The minimum absolute atomic E-state index is 0.864. The van der Waals surface area contributed by atoms with E-state index in [4.69, 9.17) is 4.42 Å². The molecule has 3 nitrogen and oxygen atoms in total. The molecule has 1 heterocycles.